The molecular weight excluding hydrogens is 274 g/mol. The van der Waals surface area contributed by atoms with E-state index in [1.165, 1.54) is 0 Å². The van der Waals surface area contributed by atoms with E-state index in [1.54, 1.807) is 0 Å². The lowest BCUT2D eigenvalue weighted by atomic mass is 9.81. The van der Waals surface area contributed by atoms with Gasteiger partial charge < -0.3 is 10.1 Å². The number of hydrogen-bond acceptors (Lipinski definition) is 3. The van der Waals surface area contributed by atoms with Crippen LogP contribution in [0.2, 0.25) is 0 Å². The summed E-state index contributed by atoms with van der Waals surface area (Å²) in [6.45, 7) is 12.9. The fraction of sp³-hybridized carbons (Fsp3) is 0.632. The number of ketones is 1. The molecule has 0 amide bonds. The van der Waals surface area contributed by atoms with E-state index in [1.807, 2.05) is 13.0 Å². The van der Waals surface area contributed by atoms with Crippen molar-refractivity contribution >= 4 is 5.78 Å². The molecule has 3 nitrogen and oxygen atoms in total. The first kappa shape index (κ1) is 17.0. The molecule has 1 aromatic carbocycles. The summed E-state index contributed by atoms with van der Waals surface area (Å²) in [5.41, 5.74) is 2.97. The number of Topliss-reactive ketones (excluding diaryl/α,β-unsaturated/α-hetero) is 1. The largest absolute Gasteiger partial charge is 0.493 e. The predicted molar refractivity (Wildman–Crippen MR) is 91.0 cm³/mol. The average molecular weight is 303 g/mol. The highest BCUT2D eigenvalue weighted by Gasteiger charge is 2.29. The van der Waals surface area contributed by atoms with Crippen LogP contribution in [0.25, 0.3) is 0 Å². The van der Waals surface area contributed by atoms with Crippen molar-refractivity contribution in [2.24, 2.45) is 5.92 Å². The van der Waals surface area contributed by atoms with Crippen molar-refractivity contribution in [1.29, 1.82) is 0 Å². The van der Waals surface area contributed by atoms with E-state index in [0.717, 1.165) is 48.4 Å². The number of nitrogens with one attached hydrogen (secondary N) is 1. The minimum absolute atomic E-state index is 0.0453. The summed E-state index contributed by atoms with van der Waals surface area (Å²) in [6.07, 6.45) is 2.04. The first-order valence-electron chi connectivity index (χ1n) is 8.37. The molecule has 1 saturated heterocycles. The van der Waals surface area contributed by atoms with Gasteiger partial charge >= 0.3 is 0 Å². The zero-order chi connectivity index (χ0) is 16.3. The van der Waals surface area contributed by atoms with Crippen LogP contribution >= 0.6 is 0 Å². The highest BCUT2D eigenvalue weighted by molar-refractivity contribution is 6.01. The smallest absolute Gasteiger partial charge is 0.170 e. The molecule has 0 spiro atoms. The molecule has 0 aliphatic carbocycles. The average Bonchev–Trinajstić information content (AvgIpc) is 2.48. The van der Waals surface area contributed by atoms with Gasteiger partial charge in [-0.1, -0.05) is 26.8 Å². The van der Waals surface area contributed by atoms with Crippen LogP contribution in [0.4, 0.5) is 0 Å². The lowest BCUT2D eigenvalue weighted by Gasteiger charge is -2.27. The van der Waals surface area contributed by atoms with Crippen molar-refractivity contribution in [3.05, 3.63) is 28.8 Å². The molecule has 122 valence electrons. The lowest BCUT2D eigenvalue weighted by Crippen LogP contribution is -2.34. The number of rotatable bonds is 4. The molecule has 1 aliphatic heterocycles. The standard InChI is InChI=1S/C19H29NO2/c1-6-22-18-15(17(21)14-8-7-9-20-12-14)10-13(2)11-16(18)19(3,4)5/h10-11,14,20H,6-9,12H2,1-5H3. The highest BCUT2D eigenvalue weighted by Crippen LogP contribution is 2.37. The van der Waals surface area contributed by atoms with Gasteiger partial charge in [-0.15, -0.1) is 0 Å². The van der Waals surface area contributed by atoms with Crippen LogP contribution < -0.4 is 10.1 Å². The Morgan fingerprint density at radius 2 is 2.09 bits per heavy atom. The highest BCUT2D eigenvalue weighted by atomic mass is 16.5. The molecule has 1 aromatic rings. The van der Waals surface area contributed by atoms with Gasteiger partial charge in [-0.05, 0) is 50.3 Å². The van der Waals surface area contributed by atoms with Crippen LogP contribution in [-0.4, -0.2) is 25.5 Å². The van der Waals surface area contributed by atoms with Gasteiger partial charge in [0.25, 0.3) is 0 Å². The normalized spacial score (nSPS) is 19.0. The summed E-state index contributed by atoms with van der Waals surface area (Å²) in [5, 5.41) is 3.33. The Morgan fingerprint density at radius 1 is 1.36 bits per heavy atom. The van der Waals surface area contributed by atoms with E-state index in [9.17, 15) is 4.79 Å². The molecule has 3 heteroatoms. The topological polar surface area (TPSA) is 38.3 Å². The molecule has 1 atom stereocenters. The number of benzene rings is 1. The molecule has 1 N–H and O–H groups in total. The number of piperidine rings is 1. The van der Waals surface area contributed by atoms with E-state index in [-0.39, 0.29) is 17.1 Å². The van der Waals surface area contributed by atoms with E-state index in [2.05, 4.69) is 39.1 Å². The summed E-state index contributed by atoms with van der Waals surface area (Å²) in [4.78, 5) is 13.0. The second-order valence-corrected chi connectivity index (χ2v) is 7.28. The van der Waals surface area contributed by atoms with Crippen LogP contribution in [-0.2, 0) is 5.41 Å². The molecule has 2 rings (SSSR count). The zero-order valence-corrected chi connectivity index (χ0v) is 14.6. The number of hydrogen-bond donors (Lipinski definition) is 1. The zero-order valence-electron chi connectivity index (χ0n) is 14.6. The number of carbonyl (C=O) groups is 1. The molecule has 0 radical (unpaired) electrons. The summed E-state index contributed by atoms with van der Waals surface area (Å²) in [7, 11) is 0. The maximum Gasteiger partial charge on any atom is 0.170 e. The van der Waals surface area contributed by atoms with Gasteiger partial charge in [0.2, 0.25) is 0 Å². The summed E-state index contributed by atoms with van der Waals surface area (Å²) < 4.78 is 5.92. The molecule has 1 aliphatic rings. The first-order valence-corrected chi connectivity index (χ1v) is 8.37. The summed E-state index contributed by atoms with van der Waals surface area (Å²) in [6, 6.07) is 4.15. The van der Waals surface area contributed by atoms with E-state index in [4.69, 9.17) is 4.74 Å². The molecule has 1 unspecified atom stereocenters. The fourth-order valence-corrected chi connectivity index (χ4v) is 3.11. The van der Waals surface area contributed by atoms with Crippen molar-refractivity contribution in [2.75, 3.05) is 19.7 Å². The maximum atomic E-state index is 13.0. The molecular formula is C19H29NO2. The number of carbonyl (C=O) groups excluding carboxylic acids is 1. The van der Waals surface area contributed by atoms with Gasteiger partial charge in [-0.2, -0.15) is 0 Å². The Kier molecular flexibility index (Phi) is 5.28. The van der Waals surface area contributed by atoms with Crippen LogP contribution in [0.15, 0.2) is 12.1 Å². The Morgan fingerprint density at radius 3 is 2.64 bits per heavy atom. The fourth-order valence-electron chi connectivity index (χ4n) is 3.11. The van der Waals surface area contributed by atoms with Gasteiger partial charge in [0.05, 0.1) is 12.2 Å². The Balaban J connectivity index is 2.48. The Labute approximate surface area is 134 Å². The van der Waals surface area contributed by atoms with Crippen LogP contribution in [0.3, 0.4) is 0 Å². The van der Waals surface area contributed by atoms with Crippen molar-refractivity contribution in [3.63, 3.8) is 0 Å². The van der Waals surface area contributed by atoms with Crippen LogP contribution in [0, 0.1) is 12.8 Å². The minimum atomic E-state index is -0.0453. The quantitative estimate of drug-likeness (QED) is 0.858. The molecule has 0 saturated carbocycles. The van der Waals surface area contributed by atoms with E-state index >= 15 is 0 Å². The second kappa shape index (κ2) is 6.82. The Bertz CT molecular complexity index is 537. The molecule has 1 fully saturated rings. The second-order valence-electron chi connectivity index (χ2n) is 7.28. The molecule has 1 heterocycles. The number of ether oxygens (including phenoxy) is 1. The monoisotopic (exact) mass is 303 g/mol. The van der Waals surface area contributed by atoms with Gasteiger partial charge in [-0.25, -0.2) is 0 Å². The van der Waals surface area contributed by atoms with Crippen molar-refractivity contribution in [2.45, 2.75) is 52.9 Å². The SMILES string of the molecule is CCOc1c(C(=O)C2CCCNC2)cc(C)cc1C(C)(C)C. The third kappa shape index (κ3) is 3.70. The van der Waals surface area contributed by atoms with Gasteiger partial charge in [0.1, 0.15) is 5.75 Å². The van der Waals surface area contributed by atoms with E-state index < -0.39 is 0 Å². The van der Waals surface area contributed by atoms with Gasteiger partial charge in [0.15, 0.2) is 5.78 Å². The van der Waals surface area contributed by atoms with Crippen LogP contribution in [0.5, 0.6) is 5.75 Å². The van der Waals surface area contributed by atoms with Gasteiger partial charge in [0, 0.05) is 18.0 Å². The Hall–Kier alpha value is -1.35. The molecule has 0 aromatic heterocycles. The third-order valence-corrected chi connectivity index (χ3v) is 4.26. The van der Waals surface area contributed by atoms with Crippen molar-refractivity contribution < 1.29 is 9.53 Å². The van der Waals surface area contributed by atoms with E-state index in [0.29, 0.717) is 6.61 Å². The molecule has 0 bridgehead atoms. The third-order valence-electron chi connectivity index (χ3n) is 4.26. The van der Waals surface area contributed by atoms with Crippen molar-refractivity contribution in [1.82, 2.24) is 5.32 Å². The summed E-state index contributed by atoms with van der Waals surface area (Å²) >= 11 is 0. The number of aryl methyl sites for hydroxylation is 1. The lowest BCUT2D eigenvalue weighted by molar-refractivity contribution is 0.0895. The minimum Gasteiger partial charge on any atom is -0.493 e. The van der Waals surface area contributed by atoms with Gasteiger partial charge in [-0.3, -0.25) is 4.79 Å². The van der Waals surface area contributed by atoms with Crippen molar-refractivity contribution in [3.8, 4) is 5.75 Å². The molecule has 22 heavy (non-hydrogen) atoms. The van der Waals surface area contributed by atoms with Crippen LogP contribution in [0.1, 0.15) is 62.0 Å². The summed E-state index contributed by atoms with van der Waals surface area (Å²) in [5.74, 6) is 1.09. The first-order chi connectivity index (χ1) is 10.3. The maximum absolute atomic E-state index is 13.0. The predicted octanol–water partition coefficient (Wildman–Crippen LogP) is 3.87.